The lowest BCUT2D eigenvalue weighted by Crippen LogP contribution is -2.50. The number of carbonyl (C=O) groups excluding carboxylic acids is 2. The molecule has 1 aromatic carbocycles. The van der Waals surface area contributed by atoms with Crippen molar-refractivity contribution < 1.29 is 27.5 Å². The summed E-state index contributed by atoms with van der Waals surface area (Å²) in [6.07, 6.45) is -0.189. The Hall–Kier alpha value is -1.97. The van der Waals surface area contributed by atoms with E-state index in [4.69, 9.17) is 9.47 Å². The zero-order valence-electron chi connectivity index (χ0n) is 17.5. The molecule has 0 aliphatic carbocycles. The number of morpholine rings is 1. The van der Waals surface area contributed by atoms with E-state index < -0.39 is 28.6 Å². The van der Waals surface area contributed by atoms with Gasteiger partial charge in [-0.05, 0) is 38.8 Å². The molecule has 1 aliphatic heterocycles. The van der Waals surface area contributed by atoms with Crippen molar-refractivity contribution in [2.75, 3.05) is 19.7 Å². The topological polar surface area (TPSA) is 102 Å². The van der Waals surface area contributed by atoms with Crippen LogP contribution < -0.4 is 4.72 Å². The molecular formula is C20H30N2O6S. The molecule has 1 aliphatic rings. The third-order valence-corrected chi connectivity index (χ3v) is 6.10. The quantitative estimate of drug-likeness (QED) is 0.663. The van der Waals surface area contributed by atoms with E-state index in [9.17, 15) is 18.0 Å². The molecule has 1 amide bonds. The third kappa shape index (κ3) is 6.52. The maximum absolute atomic E-state index is 12.6. The van der Waals surface area contributed by atoms with Crippen LogP contribution in [0.3, 0.4) is 0 Å². The predicted octanol–water partition coefficient (Wildman–Crippen LogP) is 1.48. The largest absolute Gasteiger partial charge is 0.454 e. The van der Waals surface area contributed by atoms with E-state index in [1.54, 1.807) is 30.9 Å². The normalized spacial score (nSPS) is 21.1. The summed E-state index contributed by atoms with van der Waals surface area (Å²) >= 11 is 0. The smallest absolute Gasteiger partial charge is 0.324 e. The molecule has 1 heterocycles. The first kappa shape index (κ1) is 23.3. The molecule has 1 aromatic rings. The van der Waals surface area contributed by atoms with Crippen molar-refractivity contribution >= 4 is 21.9 Å². The monoisotopic (exact) mass is 426 g/mol. The Morgan fingerprint density at radius 1 is 1.17 bits per heavy atom. The standard InChI is InChI=1S/C20H30N2O6S/c1-13(2)19(21-29(25,26)17-8-6-14(3)7-9-17)20(24)27-12-18(23)22-10-15(4)28-16(5)11-22/h6-9,13,15-16,19,21H,10-12H2,1-5H3/t15-,16-,19+/m1/s1. The van der Waals surface area contributed by atoms with Gasteiger partial charge in [-0.15, -0.1) is 0 Å². The molecule has 162 valence electrons. The fourth-order valence-electron chi connectivity index (χ4n) is 3.10. The number of hydrogen-bond donors (Lipinski definition) is 1. The van der Waals surface area contributed by atoms with Gasteiger partial charge in [-0.1, -0.05) is 31.5 Å². The van der Waals surface area contributed by atoms with Gasteiger partial charge in [0.1, 0.15) is 6.04 Å². The van der Waals surface area contributed by atoms with Crippen LogP contribution in [0.1, 0.15) is 33.3 Å². The van der Waals surface area contributed by atoms with Gasteiger partial charge in [0.2, 0.25) is 10.0 Å². The molecule has 3 atom stereocenters. The van der Waals surface area contributed by atoms with Crippen LogP contribution in [-0.4, -0.2) is 63.1 Å². The first-order valence-electron chi connectivity index (χ1n) is 9.68. The summed E-state index contributed by atoms with van der Waals surface area (Å²) in [4.78, 5) is 26.6. The molecule has 9 heteroatoms. The number of aryl methyl sites for hydroxylation is 1. The molecule has 29 heavy (non-hydrogen) atoms. The van der Waals surface area contributed by atoms with Crippen LogP contribution in [0.15, 0.2) is 29.2 Å². The maximum Gasteiger partial charge on any atom is 0.324 e. The predicted molar refractivity (Wildman–Crippen MR) is 108 cm³/mol. The van der Waals surface area contributed by atoms with Crippen LogP contribution in [0.4, 0.5) is 0 Å². The highest BCUT2D eigenvalue weighted by Gasteiger charge is 2.31. The highest BCUT2D eigenvalue weighted by Crippen LogP contribution is 2.14. The van der Waals surface area contributed by atoms with Gasteiger partial charge in [-0.25, -0.2) is 8.42 Å². The molecule has 0 bridgehead atoms. The maximum atomic E-state index is 12.6. The number of sulfonamides is 1. The summed E-state index contributed by atoms with van der Waals surface area (Å²) in [5.41, 5.74) is 0.925. The van der Waals surface area contributed by atoms with E-state index in [1.807, 2.05) is 20.8 Å². The lowest BCUT2D eigenvalue weighted by Gasteiger charge is -2.35. The third-order valence-electron chi connectivity index (χ3n) is 4.64. The molecule has 1 fully saturated rings. The summed E-state index contributed by atoms with van der Waals surface area (Å²) in [6, 6.07) is 5.21. The van der Waals surface area contributed by atoms with Gasteiger partial charge in [0.25, 0.3) is 5.91 Å². The lowest BCUT2D eigenvalue weighted by atomic mass is 10.1. The second kappa shape index (κ2) is 9.69. The summed E-state index contributed by atoms with van der Waals surface area (Å²) in [5.74, 6) is -1.47. The Morgan fingerprint density at radius 3 is 2.24 bits per heavy atom. The minimum atomic E-state index is -3.90. The molecule has 0 aromatic heterocycles. The fourth-order valence-corrected chi connectivity index (χ4v) is 4.44. The van der Waals surface area contributed by atoms with Gasteiger partial charge in [0.05, 0.1) is 17.1 Å². The Kier molecular flexibility index (Phi) is 7.79. The minimum Gasteiger partial charge on any atom is -0.454 e. The minimum absolute atomic E-state index is 0.0638. The summed E-state index contributed by atoms with van der Waals surface area (Å²) in [5, 5.41) is 0. The van der Waals surface area contributed by atoms with Gasteiger partial charge in [0.15, 0.2) is 6.61 Å². The number of benzene rings is 1. The first-order chi connectivity index (χ1) is 13.5. The Morgan fingerprint density at radius 2 is 1.72 bits per heavy atom. The van der Waals surface area contributed by atoms with Gasteiger partial charge in [0, 0.05) is 13.1 Å². The van der Waals surface area contributed by atoms with Crippen LogP contribution in [-0.2, 0) is 29.1 Å². The van der Waals surface area contributed by atoms with Gasteiger partial charge in [-0.2, -0.15) is 4.72 Å². The highest BCUT2D eigenvalue weighted by molar-refractivity contribution is 7.89. The number of nitrogens with zero attached hydrogens (tertiary/aromatic N) is 1. The molecule has 1 saturated heterocycles. The summed E-state index contributed by atoms with van der Waals surface area (Å²) in [7, 11) is -3.90. The zero-order chi connectivity index (χ0) is 21.8. The molecule has 1 N–H and O–H groups in total. The molecular weight excluding hydrogens is 396 g/mol. The van der Waals surface area contributed by atoms with Crippen LogP contribution >= 0.6 is 0 Å². The van der Waals surface area contributed by atoms with E-state index in [1.165, 1.54) is 12.1 Å². The van der Waals surface area contributed by atoms with Crippen LogP contribution in [0.2, 0.25) is 0 Å². The zero-order valence-corrected chi connectivity index (χ0v) is 18.4. The van der Waals surface area contributed by atoms with E-state index >= 15 is 0 Å². The lowest BCUT2D eigenvalue weighted by molar-refractivity contribution is -0.158. The number of hydrogen-bond acceptors (Lipinski definition) is 6. The number of esters is 1. The first-order valence-corrected chi connectivity index (χ1v) is 11.2. The SMILES string of the molecule is Cc1ccc(S(=O)(=O)N[C@H](C(=O)OCC(=O)N2C[C@@H](C)O[C@H](C)C2)C(C)C)cc1. The van der Waals surface area contributed by atoms with Crippen molar-refractivity contribution in [2.45, 2.75) is 57.8 Å². The van der Waals surface area contributed by atoms with Gasteiger partial charge >= 0.3 is 5.97 Å². The average molecular weight is 427 g/mol. The number of carbonyl (C=O) groups is 2. The van der Waals surface area contributed by atoms with Crippen LogP contribution in [0.25, 0.3) is 0 Å². The number of rotatable bonds is 7. The van der Waals surface area contributed by atoms with Crippen LogP contribution in [0, 0.1) is 12.8 Å². The highest BCUT2D eigenvalue weighted by atomic mass is 32.2. The van der Waals surface area contributed by atoms with Crippen molar-refractivity contribution in [3.05, 3.63) is 29.8 Å². The van der Waals surface area contributed by atoms with Crippen molar-refractivity contribution in [3.8, 4) is 0 Å². The molecule has 0 radical (unpaired) electrons. The molecule has 8 nitrogen and oxygen atoms in total. The van der Waals surface area contributed by atoms with Crippen molar-refractivity contribution in [1.29, 1.82) is 0 Å². The molecule has 2 rings (SSSR count). The number of amides is 1. The van der Waals surface area contributed by atoms with Crippen molar-refractivity contribution in [1.82, 2.24) is 9.62 Å². The second-order valence-corrected chi connectivity index (χ2v) is 9.53. The van der Waals surface area contributed by atoms with Crippen molar-refractivity contribution in [2.24, 2.45) is 5.92 Å². The Labute approximate surface area is 172 Å². The van der Waals surface area contributed by atoms with E-state index in [2.05, 4.69) is 4.72 Å². The van der Waals surface area contributed by atoms with Gasteiger partial charge in [-0.3, -0.25) is 9.59 Å². The number of ether oxygens (including phenoxy) is 2. The van der Waals surface area contributed by atoms with Crippen molar-refractivity contribution in [3.63, 3.8) is 0 Å². The second-order valence-electron chi connectivity index (χ2n) is 7.82. The fraction of sp³-hybridized carbons (Fsp3) is 0.600. The number of nitrogens with one attached hydrogen (secondary N) is 1. The summed E-state index contributed by atoms with van der Waals surface area (Å²) < 4.78 is 38.4. The molecule has 0 saturated carbocycles. The van der Waals surface area contributed by atoms with E-state index in [0.717, 1.165) is 5.56 Å². The Bertz CT molecular complexity index is 812. The molecule has 0 spiro atoms. The van der Waals surface area contributed by atoms with Gasteiger partial charge < -0.3 is 14.4 Å². The summed E-state index contributed by atoms with van der Waals surface area (Å²) in [6.45, 7) is 9.42. The molecule has 0 unspecified atom stereocenters. The average Bonchev–Trinajstić information content (AvgIpc) is 2.63. The Balaban J connectivity index is 2.00. The van der Waals surface area contributed by atoms with E-state index in [-0.39, 0.29) is 28.9 Å². The van der Waals surface area contributed by atoms with E-state index in [0.29, 0.717) is 13.1 Å². The van der Waals surface area contributed by atoms with Crippen LogP contribution in [0.5, 0.6) is 0 Å².